The molecule has 24 heavy (non-hydrogen) atoms. The van der Waals surface area contributed by atoms with Gasteiger partial charge in [0, 0.05) is 24.6 Å². The van der Waals surface area contributed by atoms with Crippen LogP contribution in [0.25, 0.3) is 11.3 Å². The second kappa shape index (κ2) is 7.55. The maximum Gasteiger partial charge on any atom is 0.255 e. The van der Waals surface area contributed by atoms with E-state index in [0.29, 0.717) is 11.3 Å². The average molecular weight is 328 g/mol. The van der Waals surface area contributed by atoms with Crippen LogP contribution in [0.5, 0.6) is 0 Å². The van der Waals surface area contributed by atoms with Gasteiger partial charge in [0.25, 0.3) is 5.91 Å². The summed E-state index contributed by atoms with van der Waals surface area (Å²) in [5, 5.41) is 18.8. The summed E-state index contributed by atoms with van der Waals surface area (Å²) in [6.45, 7) is 3.43. The Labute approximate surface area is 142 Å². The molecule has 0 spiro atoms. The Morgan fingerprint density at radius 3 is 2.29 bits per heavy atom. The maximum absolute atomic E-state index is 12.6. The normalized spacial score (nSPS) is 11.4. The molecule has 0 aliphatic carbocycles. The summed E-state index contributed by atoms with van der Waals surface area (Å²) in [5.41, 5.74) is 2.28. The van der Waals surface area contributed by atoms with Gasteiger partial charge in [-0.1, -0.05) is 37.3 Å². The summed E-state index contributed by atoms with van der Waals surface area (Å²) in [4.78, 5) is 18.7. The Bertz CT molecular complexity index is 697. The third-order valence-electron chi connectivity index (χ3n) is 4.11. The van der Waals surface area contributed by atoms with E-state index < -0.39 is 5.41 Å². The van der Waals surface area contributed by atoms with Gasteiger partial charge in [0.2, 0.25) is 0 Å². The first-order valence-electron chi connectivity index (χ1n) is 7.90. The van der Waals surface area contributed by atoms with Crippen LogP contribution in [0.1, 0.15) is 23.0 Å². The van der Waals surface area contributed by atoms with E-state index >= 15 is 0 Å². The molecule has 0 fully saturated rings. The zero-order valence-electron chi connectivity index (χ0n) is 14.4. The summed E-state index contributed by atoms with van der Waals surface area (Å²) < 4.78 is 0. The van der Waals surface area contributed by atoms with E-state index in [9.17, 15) is 15.0 Å². The third kappa shape index (κ3) is 3.99. The molecule has 2 aromatic rings. The molecule has 0 aliphatic rings. The van der Waals surface area contributed by atoms with Gasteiger partial charge in [-0.15, -0.1) is 0 Å². The number of aliphatic hydroxyl groups excluding tert-OH is 2. The van der Waals surface area contributed by atoms with Crippen molar-refractivity contribution in [3.63, 3.8) is 0 Å². The van der Waals surface area contributed by atoms with E-state index in [1.54, 1.807) is 20.0 Å². The van der Waals surface area contributed by atoms with Crippen LogP contribution in [0.15, 0.2) is 42.5 Å². The fourth-order valence-electron chi connectivity index (χ4n) is 2.56. The highest BCUT2D eigenvalue weighted by molar-refractivity contribution is 5.95. The van der Waals surface area contributed by atoms with Gasteiger partial charge in [0.15, 0.2) is 0 Å². The number of hydrogen-bond donors (Lipinski definition) is 2. The number of aromatic nitrogens is 1. The van der Waals surface area contributed by atoms with Crippen LogP contribution in [0.3, 0.4) is 0 Å². The molecule has 0 saturated heterocycles. The number of pyridine rings is 1. The fraction of sp³-hybridized carbons (Fsp3) is 0.368. The lowest BCUT2D eigenvalue weighted by atomic mass is 9.92. The van der Waals surface area contributed by atoms with Crippen LogP contribution in [-0.4, -0.2) is 52.8 Å². The summed E-state index contributed by atoms with van der Waals surface area (Å²) in [5.74, 6) is -0.173. The van der Waals surface area contributed by atoms with Crippen molar-refractivity contribution in [2.75, 3.05) is 26.8 Å². The fourth-order valence-corrected chi connectivity index (χ4v) is 2.56. The molecule has 5 nitrogen and oxygen atoms in total. The molecule has 0 saturated carbocycles. The van der Waals surface area contributed by atoms with E-state index in [2.05, 4.69) is 4.98 Å². The average Bonchev–Trinajstić information content (AvgIpc) is 2.61. The van der Waals surface area contributed by atoms with Crippen LogP contribution >= 0.6 is 0 Å². The van der Waals surface area contributed by atoms with Crippen molar-refractivity contribution in [2.24, 2.45) is 5.41 Å². The summed E-state index contributed by atoms with van der Waals surface area (Å²) >= 11 is 0. The highest BCUT2D eigenvalue weighted by Crippen LogP contribution is 2.21. The molecule has 0 bridgehead atoms. The lowest BCUT2D eigenvalue weighted by Gasteiger charge is -2.30. The van der Waals surface area contributed by atoms with E-state index in [-0.39, 0.29) is 25.7 Å². The number of nitrogens with zero attached hydrogens (tertiary/aromatic N) is 2. The zero-order chi connectivity index (χ0) is 17.7. The molecule has 2 rings (SSSR count). The first kappa shape index (κ1) is 18.1. The molecule has 1 amide bonds. The van der Waals surface area contributed by atoms with Gasteiger partial charge in [-0.25, -0.2) is 0 Å². The van der Waals surface area contributed by atoms with Gasteiger partial charge in [-0.3, -0.25) is 9.78 Å². The molecule has 5 heteroatoms. The number of amides is 1. The van der Waals surface area contributed by atoms with Crippen LogP contribution < -0.4 is 0 Å². The first-order valence-corrected chi connectivity index (χ1v) is 7.90. The van der Waals surface area contributed by atoms with Gasteiger partial charge in [0.05, 0.1) is 30.2 Å². The number of benzene rings is 1. The molecular weight excluding hydrogens is 304 g/mol. The smallest absolute Gasteiger partial charge is 0.255 e. The van der Waals surface area contributed by atoms with Crippen LogP contribution in [0.4, 0.5) is 0 Å². The number of rotatable bonds is 6. The number of aliphatic hydroxyl groups is 2. The molecule has 0 unspecified atom stereocenters. The van der Waals surface area contributed by atoms with E-state index in [0.717, 1.165) is 11.3 Å². The Morgan fingerprint density at radius 2 is 1.75 bits per heavy atom. The van der Waals surface area contributed by atoms with Gasteiger partial charge < -0.3 is 15.1 Å². The first-order chi connectivity index (χ1) is 11.4. The molecule has 128 valence electrons. The van der Waals surface area contributed by atoms with Gasteiger partial charge in [-0.2, -0.15) is 0 Å². The van der Waals surface area contributed by atoms with Crippen molar-refractivity contribution < 1.29 is 15.0 Å². The SMILES string of the molecule is Cc1nc(-c2ccccc2)ccc1C(=O)N(C)CC(C)(CO)CO. The van der Waals surface area contributed by atoms with E-state index in [1.807, 2.05) is 43.3 Å². The second-order valence-electron chi connectivity index (χ2n) is 6.48. The van der Waals surface area contributed by atoms with Gasteiger partial charge in [-0.05, 0) is 19.1 Å². The number of aryl methyl sites for hydroxylation is 1. The topological polar surface area (TPSA) is 73.7 Å². The van der Waals surface area contributed by atoms with E-state index in [1.165, 1.54) is 4.90 Å². The van der Waals surface area contributed by atoms with Crippen molar-refractivity contribution in [1.29, 1.82) is 0 Å². The van der Waals surface area contributed by atoms with Crippen molar-refractivity contribution in [2.45, 2.75) is 13.8 Å². The Morgan fingerprint density at radius 1 is 1.12 bits per heavy atom. The van der Waals surface area contributed by atoms with Gasteiger partial charge in [0.1, 0.15) is 0 Å². The number of hydrogen-bond acceptors (Lipinski definition) is 4. The van der Waals surface area contributed by atoms with Crippen molar-refractivity contribution >= 4 is 5.91 Å². The predicted molar refractivity (Wildman–Crippen MR) is 93.6 cm³/mol. The zero-order valence-corrected chi connectivity index (χ0v) is 14.4. The van der Waals surface area contributed by atoms with Crippen molar-refractivity contribution in [1.82, 2.24) is 9.88 Å². The highest BCUT2D eigenvalue weighted by atomic mass is 16.3. The highest BCUT2D eigenvalue weighted by Gasteiger charge is 2.27. The summed E-state index contributed by atoms with van der Waals surface area (Å²) in [6.07, 6.45) is 0. The molecule has 1 aromatic carbocycles. The minimum Gasteiger partial charge on any atom is -0.396 e. The predicted octanol–water partition coefficient (Wildman–Crippen LogP) is 2.12. The quantitative estimate of drug-likeness (QED) is 0.852. The van der Waals surface area contributed by atoms with Crippen LogP contribution in [-0.2, 0) is 0 Å². The maximum atomic E-state index is 12.6. The van der Waals surface area contributed by atoms with Crippen molar-refractivity contribution in [3.05, 3.63) is 53.7 Å². The second-order valence-corrected chi connectivity index (χ2v) is 6.48. The molecule has 2 N–H and O–H groups in total. The van der Waals surface area contributed by atoms with Crippen LogP contribution in [0.2, 0.25) is 0 Å². The van der Waals surface area contributed by atoms with E-state index in [4.69, 9.17) is 0 Å². The minimum atomic E-state index is -0.726. The lowest BCUT2D eigenvalue weighted by molar-refractivity contribution is 0.0366. The Balaban J connectivity index is 2.21. The largest absolute Gasteiger partial charge is 0.396 e. The molecular formula is C19H24N2O3. The van der Waals surface area contributed by atoms with Gasteiger partial charge >= 0.3 is 0 Å². The Hall–Kier alpha value is -2.24. The van der Waals surface area contributed by atoms with Crippen LogP contribution in [0, 0.1) is 12.3 Å². The standard InChI is InChI=1S/C19H24N2O3/c1-14-16(18(24)21(3)11-19(2,12-22)13-23)9-10-17(20-14)15-7-5-4-6-8-15/h4-10,22-23H,11-13H2,1-3H3. The van der Waals surface area contributed by atoms with Crippen molar-refractivity contribution in [3.8, 4) is 11.3 Å². The molecule has 1 aromatic heterocycles. The molecule has 0 atom stereocenters. The molecule has 0 aliphatic heterocycles. The third-order valence-corrected chi connectivity index (χ3v) is 4.11. The minimum absolute atomic E-state index is 0.173. The number of carbonyl (C=O) groups is 1. The monoisotopic (exact) mass is 328 g/mol. The molecule has 1 heterocycles. The number of carbonyl (C=O) groups excluding carboxylic acids is 1. The molecule has 0 radical (unpaired) electrons. The lowest BCUT2D eigenvalue weighted by Crippen LogP contribution is -2.41. The Kier molecular flexibility index (Phi) is 5.70. The summed E-state index contributed by atoms with van der Waals surface area (Å²) in [6, 6.07) is 13.4. The summed E-state index contributed by atoms with van der Waals surface area (Å²) in [7, 11) is 1.66.